The highest BCUT2D eigenvalue weighted by Crippen LogP contribution is 2.43. The van der Waals surface area contributed by atoms with Crippen molar-refractivity contribution in [1.29, 1.82) is 0 Å². The van der Waals surface area contributed by atoms with Crippen LogP contribution in [0.4, 0.5) is 17.1 Å². The number of pyridine rings is 1. The minimum absolute atomic E-state index is 0.249. The van der Waals surface area contributed by atoms with Crippen molar-refractivity contribution in [3.05, 3.63) is 99.0 Å². The number of ether oxygens (including phenoxy) is 1. The zero-order chi connectivity index (χ0) is 28.6. The van der Waals surface area contributed by atoms with Gasteiger partial charge in [-0.3, -0.25) is 9.59 Å². The lowest BCUT2D eigenvalue weighted by molar-refractivity contribution is 0.102. The van der Waals surface area contributed by atoms with Crippen LogP contribution < -0.4 is 21.1 Å². The van der Waals surface area contributed by atoms with Crippen molar-refractivity contribution in [3.63, 3.8) is 0 Å². The number of aromatic nitrogens is 1. The first kappa shape index (κ1) is 27.2. The van der Waals surface area contributed by atoms with E-state index >= 15 is 0 Å². The van der Waals surface area contributed by atoms with Gasteiger partial charge in [-0.15, -0.1) is 11.3 Å². The molecule has 9 heteroatoms. The van der Waals surface area contributed by atoms with Gasteiger partial charge in [0.25, 0.3) is 11.8 Å². The number of aryl methyl sites for hydroxylation is 3. The van der Waals surface area contributed by atoms with Crippen molar-refractivity contribution in [2.75, 3.05) is 23.5 Å². The summed E-state index contributed by atoms with van der Waals surface area (Å²) < 4.78 is 5.26. The average molecular weight is 571 g/mol. The van der Waals surface area contributed by atoms with Crippen molar-refractivity contribution >= 4 is 62.0 Å². The van der Waals surface area contributed by atoms with Crippen LogP contribution in [0.1, 0.15) is 36.9 Å². The van der Waals surface area contributed by atoms with E-state index in [0.29, 0.717) is 54.1 Å². The number of carbonyl (C=O) groups is 2. The molecular formula is C31H27ClN4O3S. The van der Waals surface area contributed by atoms with Gasteiger partial charge in [-0.05, 0) is 62.2 Å². The molecule has 0 fully saturated rings. The van der Waals surface area contributed by atoms with E-state index < -0.39 is 0 Å². The Bertz CT molecular complexity index is 1780. The van der Waals surface area contributed by atoms with E-state index in [9.17, 15) is 9.59 Å². The van der Waals surface area contributed by atoms with Gasteiger partial charge in [-0.2, -0.15) is 0 Å². The van der Waals surface area contributed by atoms with Crippen LogP contribution in [-0.2, 0) is 0 Å². The van der Waals surface area contributed by atoms with Gasteiger partial charge in [0.15, 0.2) is 0 Å². The van der Waals surface area contributed by atoms with Crippen molar-refractivity contribution in [2.24, 2.45) is 0 Å². The van der Waals surface area contributed by atoms with E-state index in [1.807, 2.05) is 44.2 Å². The summed E-state index contributed by atoms with van der Waals surface area (Å²) in [7, 11) is 1.56. The van der Waals surface area contributed by atoms with Gasteiger partial charge in [-0.25, -0.2) is 4.98 Å². The second-order valence-corrected chi connectivity index (χ2v) is 10.9. The maximum atomic E-state index is 13.8. The Morgan fingerprint density at radius 1 is 0.950 bits per heavy atom. The van der Waals surface area contributed by atoms with E-state index in [1.54, 1.807) is 50.4 Å². The number of nitrogens with two attached hydrogens (primary N) is 1. The number of amides is 2. The lowest BCUT2D eigenvalue weighted by Gasteiger charge is -2.16. The molecule has 4 N–H and O–H groups in total. The molecule has 3 aromatic carbocycles. The first-order valence-corrected chi connectivity index (χ1v) is 13.7. The summed E-state index contributed by atoms with van der Waals surface area (Å²) in [5.41, 5.74) is 12.4. The Hall–Kier alpha value is -4.40. The maximum absolute atomic E-state index is 13.8. The highest BCUT2D eigenvalue weighted by atomic mass is 35.5. The van der Waals surface area contributed by atoms with Crippen LogP contribution >= 0.6 is 22.9 Å². The van der Waals surface area contributed by atoms with Gasteiger partial charge in [0.1, 0.15) is 15.5 Å². The fourth-order valence-electron chi connectivity index (χ4n) is 4.64. The number of hydrogen-bond donors (Lipinski definition) is 3. The second-order valence-electron chi connectivity index (χ2n) is 9.44. The minimum Gasteiger partial charge on any atom is -0.497 e. The average Bonchev–Trinajstić information content (AvgIpc) is 3.25. The second kappa shape index (κ2) is 11.0. The van der Waals surface area contributed by atoms with Crippen LogP contribution in [0, 0.1) is 20.8 Å². The minimum atomic E-state index is -0.380. The molecule has 2 aromatic heterocycles. The largest absolute Gasteiger partial charge is 0.497 e. The monoisotopic (exact) mass is 570 g/mol. The zero-order valence-electron chi connectivity index (χ0n) is 22.4. The number of carbonyl (C=O) groups excluding carboxylic acids is 2. The molecule has 40 heavy (non-hydrogen) atoms. The predicted molar refractivity (Wildman–Crippen MR) is 164 cm³/mol. The highest BCUT2D eigenvalue weighted by molar-refractivity contribution is 7.21. The highest BCUT2D eigenvalue weighted by Gasteiger charge is 2.27. The van der Waals surface area contributed by atoms with E-state index in [1.165, 1.54) is 11.3 Å². The molecule has 0 unspecified atom stereocenters. The Labute approximate surface area is 241 Å². The smallest absolute Gasteiger partial charge is 0.267 e. The van der Waals surface area contributed by atoms with Gasteiger partial charge < -0.3 is 21.1 Å². The van der Waals surface area contributed by atoms with Gasteiger partial charge in [0.05, 0.1) is 24.1 Å². The predicted octanol–water partition coefficient (Wildman–Crippen LogP) is 7.64. The van der Waals surface area contributed by atoms with Gasteiger partial charge in [-0.1, -0.05) is 47.5 Å². The van der Waals surface area contributed by atoms with E-state index in [-0.39, 0.29) is 17.5 Å². The fraction of sp³-hybridized carbons (Fsp3) is 0.129. The van der Waals surface area contributed by atoms with Gasteiger partial charge in [0.2, 0.25) is 0 Å². The molecule has 0 radical (unpaired) electrons. The van der Waals surface area contributed by atoms with Crippen LogP contribution in [0.5, 0.6) is 5.75 Å². The molecule has 5 rings (SSSR count). The number of thiophene rings is 1. The number of hydrogen-bond acceptors (Lipinski definition) is 6. The normalized spacial score (nSPS) is 10.9. The molecule has 7 nitrogen and oxygen atoms in total. The number of nitrogens with one attached hydrogen (secondary N) is 2. The van der Waals surface area contributed by atoms with E-state index in [4.69, 9.17) is 27.1 Å². The van der Waals surface area contributed by atoms with E-state index in [2.05, 4.69) is 10.6 Å². The number of rotatable bonds is 6. The number of methoxy groups -OCH3 is 1. The zero-order valence-corrected chi connectivity index (χ0v) is 24.0. The molecule has 2 heterocycles. The summed E-state index contributed by atoms with van der Waals surface area (Å²) in [6.45, 7) is 5.73. The quantitative estimate of drug-likeness (QED) is 0.194. The first-order valence-electron chi connectivity index (χ1n) is 12.5. The number of nitrogen functional groups attached to an aromatic ring is 1. The summed E-state index contributed by atoms with van der Waals surface area (Å²) in [6.07, 6.45) is 0. The fourth-order valence-corrected chi connectivity index (χ4v) is 5.82. The molecule has 0 aliphatic carbocycles. The third-order valence-corrected chi connectivity index (χ3v) is 7.93. The molecule has 0 aliphatic rings. The molecule has 0 spiro atoms. The number of fused-ring (bicyclic) bond motifs is 1. The Morgan fingerprint density at radius 2 is 1.70 bits per heavy atom. The van der Waals surface area contributed by atoms with Crippen molar-refractivity contribution < 1.29 is 14.3 Å². The summed E-state index contributed by atoms with van der Waals surface area (Å²) in [6, 6.07) is 20.1. The molecule has 0 bridgehead atoms. The SMILES string of the molecule is COc1cccc(NC(=O)c2sc3nc(C)c(C(=O)Nc4ccc(C)cc4C)c(-c4ccc(Cl)cc4)c3c2N)c1. The summed E-state index contributed by atoms with van der Waals surface area (Å²) >= 11 is 7.37. The van der Waals surface area contributed by atoms with Crippen molar-refractivity contribution in [3.8, 4) is 16.9 Å². The van der Waals surface area contributed by atoms with Crippen LogP contribution in [0.25, 0.3) is 21.3 Å². The number of halogens is 1. The molecule has 202 valence electrons. The lowest BCUT2D eigenvalue weighted by atomic mass is 9.94. The van der Waals surface area contributed by atoms with Crippen LogP contribution in [0.3, 0.4) is 0 Å². The van der Waals surface area contributed by atoms with Crippen LogP contribution in [0.2, 0.25) is 5.02 Å². The maximum Gasteiger partial charge on any atom is 0.267 e. The third kappa shape index (κ3) is 5.23. The Balaban J connectivity index is 1.65. The Morgan fingerprint density at radius 3 is 2.40 bits per heavy atom. The summed E-state index contributed by atoms with van der Waals surface area (Å²) in [5.74, 6) is -0.0876. The Kier molecular flexibility index (Phi) is 7.47. The number of nitrogens with zero attached hydrogens (tertiary/aromatic N) is 1. The first-order chi connectivity index (χ1) is 19.2. The molecule has 0 aliphatic heterocycles. The van der Waals surface area contributed by atoms with Crippen molar-refractivity contribution in [1.82, 2.24) is 4.98 Å². The molecule has 0 saturated carbocycles. The van der Waals surface area contributed by atoms with E-state index in [0.717, 1.165) is 16.7 Å². The van der Waals surface area contributed by atoms with Crippen LogP contribution in [0.15, 0.2) is 66.7 Å². The third-order valence-electron chi connectivity index (χ3n) is 6.58. The van der Waals surface area contributed by atoms with Crippen molar-refractivity contribution in [2.45, 2.75) is 20.8 Å². The molecule has 5 aromatic rings. The molecule has 0 atom stereocenters. The number of anilines is 3. The lowest BCUT2D eigenvalue weighted by Crippen LogP contribution is -2.17. The molecular weight excluding hydrogens is 544 g/mol. The van der Waals surface area contributed by atoms with Gasteiger partial charge in [0, 0.05) is 33.4 Å². The standard InChI is InChI=1S/C31H27ClN4O3S/c1-16-8-13-23(17(2)14-16)36-29(37)24-18(3)34-31-26(25(24)19-9-11-20(32)12-10-19)27(33)28(40-31)30(38)35-21-6-5-7-22(15-21)39-4/h5-15H,33H2,1-4H3,(H,35,38)(H,36,37). The summed E-state index contributed by atoms with van der Waals surface area (Å²) in [5, 5.41) is 7.02. The topological polar surface area (TPSA) is 106 Å². The molecule has 2 amide bonds. The number of benzene rings is 3. The van der Waals surface area contributed by atoms with Gasteiger partial charge >= 0.3 is 0 Å². The summed E-state index contributed by atoms with van der Waals surface area (Å²) in [4.78, 5) is 32.8. The van der Waals surface area contributed by atoms with Crippen LogP contribution in [-0.4, -0.2) is 23.9 Å². The molecule has 0 saturated heterocycles.